The lowest BCUT2D eigenvalue weighted by molar-refractivity contribution is 0.353. The predicted molar refractivity (Wildman–Crippen MR) is 63.9 cm³/mol. The van der Waals surface area contributed by atoms with Crippen LogP contribution in [0.2, 0.25) is 0 Å². The van der Waals surface area contributed by atoms with Gasteiger partial charge in [0.05, 0.1) is 11.8 Å². The van der Waals surface area contributed by atoms with Gasteiger partial charge < -0.3 is 0 Å². The molecule has 0 aliphatic rings. The third kappa shape index (κ3) is 2.42. The van der Waals surface area contributed by atoms with E-state index in [2.05, 4.69) is 31.9 Å². The SMILES string of the molecule is CN(C)C(C#N)c1cn(C)nc1C(C)(C)C. The second-order valence-corrected chi connectivity index (χ2v) is 5.35. The summed E-state index contributed by atoms with van der Waals surface area (Å²) in [6.45, 7) is 6.34. The molecule has 0 fully saturated rings. The first-order valence-electron chi connectivity index (χ1n) is 5.37. The number of aryl methyl sites for hydroxylation is 1. The Hall–Kier alpha value is -1.34. The van der Waals surface area contributed by atoms with Crippen LogP contribution in [0.5, 0.6) is 0 Å². The largest absolute Gasteiger partial charge is 0.290 e. The Labute approximate surface area is 97.5 Å². The average Bonchev–Trinajstić information content (AvgIpc) is 2.47. The number of aromatic nitrogens is 2. The molecule has 4 nitrogen and oxygen atoms in total. The van der Waals surface area contributed by atoms with E-state index in [9.17, 15) is 5.26 Å². The first kappa shape index (κ1) is 12.7. The maximum atomic E-state index is 9.22. The molecule has 0 aliphatic carbocycles. The van der Waals surface area contributed by atoms with Gasteiger partial charge in [0.25, 0.3) is 0 Å². The van der Waals surface area contributed by atoms with E-state index in [0.717, 1.165) is 11.3 Å². The summed E-state index contributed by atoms with van der Waals surface area (Å²) in [7, 11) is 5.71. The summed E-state index contributed by atoms with van der Waals surface area (Å²) in [4.78, 5) is 1.91. The van der Waals surface area contributed by atoms with Crippen LogP contribution in [-0.2, 0) is 12.5 Å². The number of hydrogen-bond donors (Lipinski definition) is 0. The van der Waals surface area contributed by atoms with Crippen LogP contribution in [0.15, 0.2) is 6.20 Å². The van der Waals surface area contributed by atoms with E-state index in [-0.39, 0.29) is 11.5 Å². The standard InChI is InChI=1S/C12H20N4/c1-12(2,3)11-9(8-16(6)14-11)10(7-13)15(4)5/h8,10H,1-6H3. The molecule has 1 atom stereocenters. The minimum absolute atomic E-state index is 0.0400. The zero-order chi connectivity index (χ0) is 12.5. The molecule has 0 amide bonds. The van der Waals surface area contributed by atoms with Crippen LogP contribution in [0, 0.1) is 11.3 Å². The molecule has 0 aromatic carbocycles. The van der Waals surface area contributed by atoms with Crippen molar-refractivity contribution in [3.8, 4) is 6.07 Å². The van der Waals surface area contributed by atoms with Crippen LogP contribution in [0.1, 0.15) is 38.1 Å². The van der Waals surface area contributed by atoms with Gasteiger partial charge in [0.15, 0.2) is 0 Å². The second-order valence-electron chi connectivity index (χ2n) is 5.35. The predicted octanol–water partition coefficient (Wildman–Crippen LogP) is 1.84. The Balaban J connectivity index is 3.29. The number of nitrogens with zero attached hydrogens (tertiary/aromatic N) is 4. The molecule has 0 aliphatic heterocycles. The molecule has 0 bridgehead atoms. The van der Waals surface area contributed by atoms with Gasteiger partial charge in [-0.3, -0.25) is 9.58 Å². The molecule has 0 spiro atoms. The van der Waals surface area contributed by atoms with Crippen molar-refractivity contribution in [2.45, 2.75) is 32.2 Å². The van der Waals surface area contributed by atoms with Crippen molar-refractivity contribution in [2.24, 2.45) is 7.05 Å². The van der Waals surface area contributed by atoms with Gasteiger partial charge in [0.2, 0.25) is 0 Å². The molecular formula is C12H20N4. The molecular weight excluding hydrogens is 200 g/mol. The highest BCUT2D eigenvalue weighted by molar-refractivity contribution is 5.31. The lowest BCUT2D eigenvalue weighted by Crippen LogP contribution is -2.22. The lowest BCUT2D eigenvalue weighted by Gasteiger charge is -2.22. The van der Waals surface area contributed by atoms with Crippen LogP contribution in [0.4, 0.5) is 0 Å². The van der Waals surface area contributed by atoms with E-state index in [1.54, 1.807) is 4.68 Å². The quantitative estimate of drug-likeness (QED) is 0.764. The highest BCUT2D eigenvalue weighted by Gasteiger charge is 2.27. The summed E-state index contributed by atoms with van der Waals surface area (Å²) in [6.07, 6.45) is 1.94. The Morgan fingerprint density at radius 1 is 1.44 bits per heavy atom. The monoisotopic (exact) mass is 220 g/mol. The summed E-state index contributed by atoms with van der Waals surface area (Å²) in [5, 5.41) is 13.7. The van der Waals surface area contributed by atoms with E-state index in [4.69, 9.17) is 0 Å². The first-order valence-corrected chi connectivity index (χ1v) is 5.37. The lowest BCUT2D eigenvalue weighted by atomic mass is 9.87. The third-order valence-corrected chi connectivity index (χ3v) is 2.50. The van der Waals surface area contributed by atoms with Crippen molar-refractivity contribution < 1.29 is 0 Å². The van der Waals surface area contributed by atoms with Crippen LogP contribution in [-0.4, -0.2) is 28.8 Å². The van der Waals surface area contributed by atoms with Crippen molar-refractivity contribution >= 4 is 0 Å². The van der Waals surface area contributed by atoms with Gasteiger partial charge in [-0.1, -0.05) is 20.8 Å². The topological polar surface area (TPSA) is 44.9 Å². The van der Waals surface area contributed by atoms with Crippen molar-refractivity contribution in [1.82, 2.24) is 14.7 Å². The molecule has 1 unspecified atom stereocenters. The Bertz CT molecular complexity index is 404. The van der Waals surface area contributed by atoms with Gasteiger partial charge in [-0.2, -0.15) is 10.4 Å². The minimum atomic E-state index is -0.233. The fraction of sp³-hybridized carbons (Fsp3) is 0.667. The average molecular weight is 220 g/mol. The molecule has 1 aromatic rings. The van der Waals surface area contributed by atoms with Crippen LogP contribution in [0.25, 0.3) is 0 Å². The Kier molecular flexibility index (Phi) is 3.39. The Morgan fingerprint density at radius 2 is 2.00 bits per heavy atom. The van der Waals surface area contributed by atoms with E-state index >= 15 is 0 Å². The summed E-state index contributed by atoms with van der Waals surface area (Å²) in [5.74, 6) is 0. The van der Waals surface area contributed by atoms with Gasteiger partial charge in [0.1, 0.15) is 6.04 Å². The molecule has 4 heteroatoms. The van der Waals surface area contributed by atoms with Crippen molar-refractivity contribution in [1.29, 1.82) is 5.26 Å². The highest BCUT2D eigenvalue weighted by atomic mass is 15.3. The zero-order valence-corrected chi connectivity index (χ0v) is 10.9. The zero-order valence-electron chi connectivity index (χ0n) is 10.9. The van der Waals surface area contributed by atoms with Gasteiger partial charge in [0, 0.05) is 24.2 Å². The van der Waals surface area contributed by atoms with Crippen LogP contribution in [0.3, 0.4) is 0 Å². The molecule has 0 N–H and O–H groups in total. The molecule has 16 heavy (non-hydrogen) atoms. The van der Waals surface area contributed by atoms with Crippen LogP contribution < -0.4 is 0 Å². The number of nitriles is 1. The van der Waals surface area contributed by atoms with Crippen molar-refractivity contribution in [3.63, 3.8) is 0 Å². The maximum Gasteiger partial charge on any atom is 0.126 e. The summed E-state index contributed by atoms with van der Waals surface area (Å²) < 4.78 is 1.78. The molecule has 0 radical (unpaired) electrons. The highest BCUT2D eigenvalue weighted by Crippen LogP contribution is 2.29. The normalized spacial score (nSPS) is 13.9. The van der Waals surface area contributed by atoms with Crippen LogP contribution >= 0.6 is 0 Å². The third-order valence-electron chi connectivity index (χ3n) is 2.50. The van der Waals surface area contributed by atoms with Gasteiger partial charge in [-0.25, -0.2) is 0 Å². The van der Waals surface area contributed by atoms with Crippen molar-refractivity contribution in [3.05, 3.63) is 17.5 Å². The smallest absolute Gasteiger partial charge is 0.126 e. The summed E-state index contributed by atoms with van der Waals surface area (Å²) in [6, 6.07) is 2.08. The van der Waals surface area contributed by atoms with E-state index in [1.807, 2.05) is 32.2 Å². The van der Waals surface area contributed by atoms with E-state index < -0.39 is 0 Å². The molecule has 1 aromatic heterocycles. The number of rotatable bonds is 2. The molecule has 0 saturated heterocycles. The fourth-order valence-corrected chi connectivity index (χ4v) is 1.75. The maximum absolute atomic E-state index is 9.22. The molecule has 88 valence electrons. The number of hydrogen-bond acceptors (Lipinski definition) is 3. The fourth-order valence-electron chi connectivity index (χ4n) is 1.75. The summed E-state index contributed by atoms with van der Waals surface area (Å²) in [5.41, 5.74) is 1.96. The van der Waals surface area contributed by atoms with Gasteiger partial charge in [-0.05, 0) is 14.1 Å². The first-order chi connectivity index (χ1) is 7.27. The van der Waals surface area contributed by atoms with Gasteiger partial charge >= 0.3 is 0 Å². The van der Waals surface area contributed by atoms with E-state index in [0.29, 0.717) is 0 Å². The Morgan fingerprint density at radius 3 is 2.38 bits per heavy atom. The van der Waals surface area contributed by atoms with Crippen molar-refractivity contribution in [2.75, 3.05) is 14.1 Å². The molecule has 1 rings (SSSR count). The molecule has 0 saturated carbocycles. The minimum Gasteiger partial charge on any atom is -0.290 e. The van der Waals surface area contributed by atoms with E-state index in [1.165, 1.54) is 0 Å². The molecule has 1 heterocycles. The summed E-state index contributed by atoms with van der Waals surface area (Å²) >= 11 is 0. The van der Waals surface area contributed by atoms with Gasteiger partial charge in [-0.15, -0.1) is 0 Å². The second kappa shape index (κ2) is 4.26.